The highest BCUT2D eigenvalue weighted by atomic mass is 16.3. The Labute approximate surface area is 366 Å². The van der Waals surface area contributed by atoms with Gasteiger partial charge < -0.3 is 9.32 Å². The fourth-order valence-corrected chi connectivity index (χ4v) is 10.9. The molecule has 0 radical (unpaired) electrons. The summed E-state index contributed by atoms with van der Waals surface area (Å²) in [6.45, 7) is 0. The summed E-state index contributed by atoms with van der Waals surface area (Å²) in [7, 11) is 0. The maximum absolute atomic E-state index is 6.48. The lowest BCUT2D eigenvalue weighted by Gasteiger charge is -2.32. The number of anilines is 3. The van der Waals surface area contributed by atoms with Gasteiger partial charge in [0.15, 0.2) is 0 Å². The van der Waals surface area contributed by atoms with E-state index in [2.05, 4.69) is 235 Å². The first-order chi connectivity index (χ1) is 31.3. The Bertz CT molecular complexity index is 3480. The van der Waals surface area contributed by atoms with Gasteiger partial charge in [-0.1, -0.05) is 188 Å². The smallest absolute Gasteiger partial charge is 0.136 e. The molecule has 1 spiro atoms. The summed E-state index contributed by atoms with van der Waals surface area (Å²) in [5.74, 6) is 0. The van der Waals surface area contributed by atoms with Gasteiger partial charge in [-0.15, -0.1) is 0 Å². The Balaban J connectivity index is 1.10. The van der Waals surface area contributed by atoms with Gasteiger partial charge in [0.25, 0.3) is 0 Å². The van der Waals surface area contributed by atoms with Crippen LogP contribution in [0.4, 0.5) is 17.1 Å². The zero-order valence-corrected chi connectivity index (χ0v) is 34.4. The number of fused-ring (bicyclic) bond motifs is 13. The van der Waals surface area contributed by atoms with E-state index in [1.54, 1.807) is 0 Å². The second-order valence-electron chi connectivity index (χ2n) is 16.7. The van der Waals surface area contributed by atoms with Crippen LogP contribution in [0.3, 0.4) is 0 Å². The molecule has 10 aromatic carbocycles. The third-order valence-electron chi connectivity index (χ3n) is 13.5. The predicted molar refractivity (Wildman–Crippen MR) is 261 cm³/mol. The fourth-order valence-electron chi connectivity index (χ4n) is 10.9. The van der Waals surface area contributed by atoms with Crippen molar-refractivity contribution in [1.29, 1.82) is 0 Å². The Morgan fingerprint density at radius 1 is 0.302 bits per heavy atom. The molecule has 2 aliphatic carbocycles. The van der Waals surface area contributed by atoms with Crippen LogP contribution in [0.15, 0.2) is 241 Å². The third kappa shape index (κ3) is 5.25. The van der Waals surface area contributed by atoms with Gasteiger partial charge in [0.1, 0.15) is 11.2 Å². The molecule has 63 heavy (non-hydrogen) atoms. The zero-order chi connectivity index (χ0) is 41.5. The summed E-state index contributed by atoms with van der Waals surface area (Å²) in [6.07, 6.45) is 0. The van der Waals surface area contributed by atoms with Crippen LogP contribution in [0.5, 0.6) is 0 Å². The largest absolute Gasteiger partial charge is 0.456 e. The minimum Gasteiger partial charge on any atom is -0.456 e. The van der Waals surface area contributed by atoms with E-state index in [-0.39, 0.29) is 0 Å². The van der Waals surface area contributed by atoms with Crippen molar-refractivity contribution in [3.05, 3.63) is 259 Å². The van der Waals surface area contributed by atoms with E-state index >= 15 is 0 Å². The number of para-hydroxylation sites is 2. The van der Waals surface area contributed by atoms with E-state index in [0.29, 0.717) is 0 Å². The van der Waals surface area contributed by atoms with Crippen molar-refractivity contribution in [1.82, 2.24) is 0 Å². The number of furan rings is 1. The van der Waals surface area contributed by atoms with E-state index < -0.39 is 5.41 Å². The monoisotopic (exact) mass is 801 g/mol. The Morgan fingerprint density at radius 2 is 0.794 bits per heavy atom. The van der Waals surface area contributed by atoms with Gasteiger partial charge in [-0.05, 0) is 121 Å². The molecule has 11 aromatic rings. The normalized spacial score (nSPS) is 12.9. The average molecular weight is 802 g/mol. The molecule has 2 aliphatic rings. The van der Waals surface area contributed by atoms with Crippen LogP contribution < -0.4 is 4.90 Å². The molecule has 0 amide bonds. The number of rotatable bonds is 6. The van der Waals surface area contributed by atoms with Gasteiger partial charge in [0.05, 0.1) is 11.1 Å². The SMILES string of the molecule is c1ccc(-c2cc(-c3ccccc3)cc(N(c3ccc4c(c3)-c3ccccc3C43c4ccccc4-c4ccccc43)c3ccccc3-c3cccc4oc5ccccc5c34)c2)cc1. The van der Waals surface area contributed by atoms with Crippen LogP contribution in [0, 0.1) is 0 Å². The van der Waals surface area contributed by atoms with Gasteiger partial charge in [-0.25, -0.2) is 0 Å². The molecule has 2 nitrogen and oxygen atoms in total. The lowest BCUT2D eigenvalue weighted by molar-refractivity contribution is 0.669. The lowest BCUT2D eigenvalue weighted by Crippen LogP contribution is -2.25. The number of benzene rings is 10. The van der Waals surface area contributed by atoms with E-state index in [0.717, 1.165) is 61.3 Å². The second kappa shape index (κ2) is 13.9. The summed E-state index contributed by atoms with van der Waals surface area (Å²) >= 11 is 0. The van der Waals surface area contributed by atoms with Crippen molar-refractivity contribution >= 4 is 39.0 Å². The van der Waals surface area contributed by atoms with Crippen LogP contribution in [0.1, 0.15) is 22.3 Å². The molecule has 0 aliphatic heterocycles. The molecule has 2 heteroatoms. The van der Waals surface area contributed by atoms with Crippen molar-refractivity contribution in [2.75, 3.05) is 4.90 Å². The topological polar surface area (TPSA) is 16.4 Å². The summed E-state index contributed by atoms with van der Waals surface area (Å²) < 4.78 is 6.48. The predicted octanol–water partition coefficient (Wildman–Crippen LogP) is 16.4. The van der Waals surface area contributed by atoms with Crippen LogP contribution in [-0.4, -0.2) is 0 Å². The van der Waals surface area contributed by atoms with E-state index in [1.807, 2.05) is 6.07 Å². The van der Waals surface area contributed by atoms with Crippen molar-refractivity contribution in [2.45, 2.75) is 5.41 Å². The summed E-state index contributed by atoms with van der Waals surface area (Å²) in [5.41, 5.74) is 22.0. The van der Waals surface area contributed by atoms with Gasteiger partial charge >= 0.3 is 0 Å². The fraction of sp³-hybridized carbons (Fsp3) is 0.0164. The van der Waals surface area contributed by atoms with Crippen LogP contribution in [-0.2, 0) is 5.41 Å². The summed E-state index contributed by atoms with van der Waals surface area (Å²) in [5, 5.41) is 2.23. The Hall–Kier alpha value is -8.20. The standard InChI is InChI=1S/C61H39NO/c1-3-18-40(19-4-1)42-36-43(41-20-5-2-6-21-41)38-45(37-42)62(57-31-15-10-25-49(57)50-27-17-33-59-60(50)51-26-11-16-32-58(51)63-59)44-34-35-56-52(39-44)48-24-9-14-30-55(48)61(56)53-28-12-7-22-46(53)47-23-8-13-29-54(47)61/h1-39H. The van der Waals surface area contributed by atoms with E-state index in [1.165, 1.54) is 55.6 Å². The minimum atomic E-state index is -0.425. The molecule has 0 bridgehead atoms. The minimum absolute atomic E-state index is 0.425. The van der Waals surface area contributed by atoms with Gasteiger partial charge in [0, 0.05) is 27.7 Å². The molecule has 0 unspecified atom stereocenters. The first-order valence-corrected chi connectivity index (χ1v) is 21.8. The lowest BCUT2D eigenvalue weighted by atomic mass is 9.70. The number of hydrogen-bond donors (Lipinski definition) is 0. The van der Waals surface area contributed by atoms with E-state index in [4.69, 9.17) is 4.42 Å². The maximum Gasteiger partial charge on any atom is 0.136 e. The molecule has 0 saturated carbocycles. The molecule has 1 aromatic heterocycles. The first kappa shape index (κ1) is 35.5. The molecule has 0 saturated heterocycles. The van der Waals surface area contributed by atoms with Gasteiger partial charge in [-0.3, -0.25) is 0 Å². The molecule has 0 N–H and O–H groups in total. The van der Waals surface area contributed by atoms with Crippen LogP contribution >= 0.6 is 0 Å². The van der Waals surface area contributed by atoms with Crippen LogP contribution in [0.2, 0.25) is 0 Å². The zero-order valence-electron chi connectivity index (χ0n) is 34.4. The quantitative estimate of drug-likeness (QED) is 0.167. The molecular formula is C61H39NO. The Kier molecular flexibility index (Phi) is 7.85. The molecule has 1 heterocycles. The highest BCUT2D eigenvalue weighted by Crippen LogP contribution is 2.63. The highest BCUT2D eigenvalue weighted by Gasteiger charge is 2.51. The highest BCUT2D eigenvalue weighted by molar-refractivity contribution is 6.14. The molecule has 0 fully saturated rings. The average Bonchev–Trinajstić information content (AvgIpc) is 3.99. The molecule has 0 atom stereocenters. The van der Waals surface area contributed by atoms with Gasteiger partial charge in [-0.2, -0.15) is 0 Å². The second-order valence-corrected chi connectivity index (χ2v) is 16.7. The van der Waals surface area contributed by atoms with Crippen molar-refractivity contribution in [3.8, 4) is 55.6 Å². The van der Waals surface area contributed by atoms with Crippen molar-refractivity contribution < 1.29 is 4.42 Å². The maximum atomic E-state index is 6.48. The molecular weight excluding hydrogens is 763 g/mol. The van der Waals surface area contributed by atoms with Crippen LogP contribution in [0.25, 0.3) is 77.6 Å². The molecule has 13 rings (SSSR count). The van der Waals surface area contributed by atoms with E-state index in [9.17, 15) is 0 Å². The van der Waals surface area contributed by atoms with Crippen molar-refractivity contribution in [2.24, 2.45) is 0 Å². The summed E-state index contributed by atoms with van der Waals surface area (Å²) in [6, 6.07) is 86.6. The Morgan fingerprint density at radius 3 is 1.44 bits per heavy atom. The number of hydrogen-bond acceptors (Lipinski definition) is 2. The van der Waals surface area contributed by atoms with Crippen molar-refractivity contribution in [3.63, 3.8) is 0 Å². The first-order valence-electron chi connectivity index (χ1n) is 21.8. The summed E-state index contributed by atoms with van der Waals surface area (Å²) in [4.78, 5) is 2.49. The van der Waals surface area contributed by atoms with Gasteiger partial charge in [0.2, 0.25) is 0 Å². The third-order valence-corrected chi connectivity index (χ3v) is 13.5. The number of nitrogens with zero attached hydrogens (tertiary/aromatic N) is 1. The molecule has 294 valence electrons.